The summed E-state index contributed by atoms with van der Waals surface area (Å²) in [4.78, 5) is 37.8. The summed E-state index contributed by atoms with van der Waals surface area (Å²) in [6, 6.07) is 0. The molecule has 0 rings (SSSR count). The number of Topliss-reactive ketones (excluding diaryl/α,β-unsaturated/α-hetero) is 4. The van der Waals surface area contributed by atoms with E-state index in [2.05, 4.69) is 0 Å². The number of hydrogen-bond acceptors (Lipinski definition) is 4. The highest BCUT2D eigenvalue weighted by Gasteiger charge is 1.63. The third-order valence-electron chi connectivity index (χ3n) is 0. The van der Waals surface area contributed by atoms with Crippen LogP contribution in [-0.4, -0.2) is 23.1 Å². The maximum absolute atomic E-state index is 9.44. The molecule has 4 nitrogen and oxygen atoms in total. The summed E-state index contributed by atoms with van der Waals surface area (Å²) in [6.07, 6.45) is 0. The van der Waals surface area contributed by atoms with Crippen molar-refractivity contribution in [1.29, 1.82) is 0 Å². The molecule has 0 spiro atoms. The van der Waals surface area contributed by atoms with Crippen molar-refractivity contribution in [1.82, 2.24) is 0 Å². The Morgan fingerprint density at radius 1 is 0.350 bits per heavy atom. The predicted molar refractivity (Wildman–Crippen MR) is 94.4 cm³/mol. The van der Waals surface area contributed by atoms with Crippen LogP contribution in [0.5, 0.6) is 0 Å². The molecule has 0 radical (unpaired) electrons. The van der Waals surface area contributed by atoms with Crippen molar-refractivity contribution in [3.05, 3.63) is 0 Å². The van der Waals surface area contributed by atoms with Gasteiger partial charge in [-0.25, -0.2) is 0 Å². The SMILES string of the molecule is CC(C)=O.CC(C)=O.CC(C)=O.CC(C)=O.Cl.Cl.Cl.Cl. The van der Waals surface area contributed by atoms with Crippen molar-refractivity contribution in [2.75, 3.05) is 0 Å². The fourth-order valence-electron chi connectivity index (χ4n) is 0. The molecule has 0 N–H and O–H groups in total. The molecule has 0 aromatic rings. The largest absolute Gasteiger partial charge is 0.300 e. The molecular weight excluding hydrogens is 350 g/mol. The lowest BCUT2D eigenvalue weighted by atomic mass is 10.6. The normalized spacial score (nSPS) is 5.20. The fraction of sp³-hybridized carbons (Fsp3) is 0.667. The molecule has 0 amide bonds. The maximum atomic E-state index is 9.44. The highest BCUT2D eigenvalue weighted by Crippen LogP contribution is 1.51. The van der Waals surface area contributed by atoms with E-state index >= 15 is 0 Å². The van der Waals surface area contributed by atoms with Gasteiger partial charge in [0, 0.05) is 0 Å². The molecule has 20 heavy (non-hydrogen) atoms. The summed E-state index contributed by atoms with van der Waals surface area (Å²) in [5.41, 5.74) is 0. The van der Waals surface area contributed by atoms with E-state index in [9.17, 15) is 19.2 Å². The second kappa shape index (κ2) is 42.8. The summed E-state index contributed by atoms with van der Waals surface area (Å²) in [7, 11) is 0. The van der Waals surface area contributed by atoms with E-state index in [1.54, 1.807) is 0 Å². The van der Waals surface area contributed by atoms with Crippen LogP contribution in [0, 0.1) is 0 Å². The first-order chi connectivity index (χ1) is 6.93. The first kappa shape index (κ1) is 50.2. The topological polar surface area (TPSA) is 68.3 Å². The number of halogens is 4. The van der Waals surface area contributed by atoms with E-state index in [0.717, 1.165) is 0 Å². The molecule has 0 aromatic carbocycles. The number of rotatable bonds is 0. The summed E-state index contributed by atoms with van der Waals surface area (Å²) in [6.45, 7) is 12.2. The van der Waals surface area contributed by atoms with Gasteiger partial charge in [0.25, 0.3) is 0 Å². The lowest BCUT2D eigenvalue weighted by Gasteiger charge is -1.56. The number of carbonyl (C=O) groups is 4. The third kappa shape index (κ3) is 198000. The fourth-order valence-corrected chi connectivity index (χ4v) is 0. The number of carbonyl (C=O) groups excluding carboxylic acids is 4. The van der Waals surface area contributed by atoms with Gasteiger partial charge in [-0.15, -0.1) is 49.6 Å². The number of ketones is 4. The average Bonchev–Trinajstić information content (AvgIpc) is 1.76. The van der Waals surface area contributed by atoms with Crippen LogP contribution >= 0.6 is 49.6 Å². The molecule has 0 fully saturated rings. The van der Waals surface area contributed by atoms with E-state index < -0.39 is 0 Å². The maximum Gasteiger partial charge on any atom is 0.126 e. The molecule has 0 bridgehead atoms. The Kier molecular flexibility index (Phi) is 107. The minimum absolute atomic E-state index is 0. The Balaban J connectivity index is -0.0000000150. The monoisotopic (exact) mass is 376 g/mol. The summed E-state index contributed by atoms with van der Waals surface area (Å²) in [5, 5.41) is 0. The Hall–Kier alpha value is -0.160. The highest BCUT2D eigenvalue weighted by atomic mass is 35.5. The van der Waals surface area contributed by atoms with Gasteiger partial charge in [-0.2, -0.15) is 0 Å². The van der Waals surface area contributed by atoms with Crippen molar-refractivity contribution < 1.29 is 19.2 Å². The minimum Gasteiger partial charge on any atom is -0.300 e. The molecular formula is C12H28Cl4O4. The summed E-state index contributed by atoms with van der Waals surface area (Å²) in [5.74, 6) is 0.667. The molecule has 0 saturated carbocycles. The first-order valence-corrected chi connectivity index (χ1v) is 4.82. The van der Waals surface area contributed by atoms with Crippen molar-refractivity contribution in [3.8, 4) is 0 Å². The molecule has 0 heterocycles. The van der Waals surface area contributed by atoms with Gasteiger partial charge in [0.15, 0.2) is 0 Å². The van der Waals surface area contributed by atoms with Gasteiger partial charge >= 0.3 is 0 Å². The Labute approximate surface area is 147 Å². The van der Waals surface area contributed by atoms with Crippen LogP contribution in [0.2, 0.25) is 0 Å². The van der Waals surface area contributed by atoms with Gasteiger partial charge < -0.3 is 19.2 Å². The molecule has 0 saturated heterocycles. The molecule has 0 atom stereocenters. The lowest BCUT2D eigenvalue weighted by Crippen LogP contribution is -1.69. The van der Waals surface area contributed by atoms with E-state index in [0.29, 0.717) is 0 Å². The van der Waals surface area contributed by atoms with Crippen LogP contribution in [0.25, 0.3) is 0 Å². The van der Waals surface area contributed by atoms with Gasteiger partial charge in [0.2, 0.25) is 0 Å². The number of hydrogen-bond donors (Lipinski definition) is 0. The summed E-state index contributed by atoms with van der Waals surface area (Å²) >= 11 is 0. The zero-order valence-electron chi connectivity index (χ0n) is 13.3. The van der Waals surface area contributed by atoms with Gasteiger partial charge in [-0.3, -0.25) is 0 Å². The smallest absolute Gasteiger partial charge is 0.126 e. The summed E-state index contributed by atoms with van der Waals surface area (Å²) < 4.78 is 0. The molecule has 0 aromatic heterocycles. The molecule has 0 aliphatic rings. The second-order valence-corrected chi connectivity index (χ2v) is 3.63. The zero-order chi connectivity index (χ0) is 14.3. The second-order valence-electron chi connectivity index (χ2n) is 3.63. The van der Waals surface area contributed by atoms with Crippen molar-refractivity contribution in [3.63, 3.8) is 0 Å². The van der Waals surface area contributed by atoms with Crippen LogP contribution in [-0.2, 0) is 19.2 Å². The molecule has 0 unspecified atom stereocenters. The van der Waals surface area contributed by atoms with E-state index in [1.807, 2.05) is 0 Å². The van der Waals surface area contributed by atoms with Crippen molar-refractivity contribution >= 4 is 72.8 Å². The van der Waals surface area contributed by atoms with E-state index in [1.165, 1.54) is 55.4 Å². The standard InChI is InChI=1S/4C3H6O.4ClH/c4*1-3(2)4;;;;/h4*1-2H3;4*1H. The van der Waals surface area contributed by atoms with Gasteiger partial charge in [0.05, 0.1) is 0 Å². The Morgan fingerprint density at radius 2 is 0.350 bits per heavy atom. The highest BCUT2D eigenvalue weighted by molar-refractivity contribution is 5.86. The average molecular weight is 378 g/mol. The van der Waals surface area contributed by atoms with Crippen molar-refractivity contribution in [2.45, 2.75) is 55.4 Å². The van der Waals surface area contributed by atoms with Crippen LogP contribution in [0.1, 0.15) is 55.4 Å². The van der Waals surface area contributed by atoms with Gasteiger partial charge in [-0.05, 0) is 55.4 Å². The predicted octanol–water partition coefficient (Wildman–Crippen LogP) is 4.07. The van der Waals surface area contributed by atoms with Crippen molar-refractivity contribution in [2.24, 2.45) is 0 Å². The van der Waals surface area contributed by atoms with E-state index in [-0.39, 0.29) is 72.8 Å². The zero-order valence-corrected chi connectivity index (χ0v) is 16.5. The van der Waals surface area contributed by atoms with E-state index in [4.69, 9.17) is 0 Å². The quantitative estimate of drug-likeness (QED) is 0.637. The lowest BCUT2D eigenvalue weighted by molar-refractivity contribution is -0.115. The molecule has 0 aliphatic carbocycles. The van der Waals surface area contributed by atoms with Crippen LogP contribution < -0.4 is 0 Å². The minimum atomic E-state index is 0. The molecule has 0 aliphatic heterocycles. The third-order valence-corrected chi connectivity index (χ3v) is 0. The molecule has 128 valence electrons. The van der Waals surface area contributed by atoms with Crippen LogP contribution in [0.4, 0.5) is 0 Å². The van der Waals surface area contributed by atoms with Gasteiger partial charge in [-0.1, -0.05) is 0 Å². The van der Waals surface area contributed by atoms with Crippen LogP contribution in [0.15, 0.2) is 0 Å². The van der Waals surface area contributed by atoms with Gasteiger partial charge in [0.1, 0.15) is 23.1 Å². The van der Waals surface area contributed by atoms with Crippen LogP contribution in [0.3, 0.4) is 0 Å². The molecule has 8 heteroatoms. The Bertz CT molecular complexity index is 167. The Morgan fingerprint density at radius 3 is 0.350 bits per heavy atom. The first-order valence-electron chi connectivity index (χ1n) is 4.82.